The first-order valence-electron chi connectivity index (χ1n) is 8.13. The summed E-state index contributed by atoms with van der Waals surface area (Å²) in [5.41, 5.74) is 7.15. The van der Waals surface area contributed by atoms with Crippen molar-refractivity contribution in [2.45, 2.75) is 38.1 Å². The first-order chi connectivity index (χ1) is 10.3. The maximum Gasteiger partial charge on any atom is 0.255 e. The van der Waals surface area contributed by atoms with Crippen LogP contribution in [0.15, 0.2) is 24.3 Å². The molecule has 1 aromatic carbocycles. The number of nitrogen functional groups attached to an aromatic ring is 1. The van der Waals surface area contributed by atoms with Gasteiger partial charge in [0.05, 0.1) is 5.56 Å². The van der Waals surface area contributed by atoms with E-state index in [4.69, 9.17) is 5.73 Å². The summed E-state index contributed by atoms with van der Waals surface area (Å²) in [6.07, 6.45) is 6.23. The van der Waals surface area contributed by atoms with E-state index in [1.807, 2.05) is 23.1 Å². The molecular weight excluding hydrogens is 262 g/mol. The van der Waals surface area contributed by atoms with Crippen molar-refractivity contribution in [3.05, 3.63) is 29.8 Å². The Bertz CT molecular complexity index is 489. The smallest absolute Gasteiger partial charge is 0.255 e. The number of para-hydroxylation sites is 1. The molecule has 4 heteroatoms. The molecule has 1 aromatic rings. The van der Waals surface area contributed by atoms with Gasteiger partial charge in [0, 0.05) is 24.8 Å². The Morgan fingerprint density at radius 3 is 2.33 bits per heavy atom. The Morgan fingerprint density at radius 2 is 1.67 bits per heavy atom. The van der Waals surface area contributed by atoms with Gasteiger partial charge in [0.15, 0.2) is 0 Å². The van der Waals surface area contributed by atoms with Gasteiger partial charge in [0.25, 0.3) is 5.91 Å². The molecule has 4 nitrogen and oxygen atoms in total. The van der Waals surface area contributed by atoms with Crippen LogP contribution in [0.2, 0.25) is 0 Å². The van der Waals surface area contributed by atoms with Crippen molar-refractivity contribution in [1.29, 1.82) is 0 Å². The fraction of sp³-hybridized carbons (Fsp3) is 0.588. The molecule has 0 bridgehead atoms. The zero-order valence-electron chi connectivity index (χ0n) is 12.6. The summed E-state index contributed by atoms with van der Waals surface area (Å²) in [5.74, 6) is 0.0881. The fourth-order valence-electron chi connectivity index (χ4n) is 3.58. The number of carbonyl (C=O) groups is 1. The van der Waals surface area contributed by atoms with Crippen LogP contribution >= 0.6 is 0 Å². The highest BCUT2D eigenvalue weighted by molar-refractivity contribution is 5.99. The van der Waals surface area contributed by atoms with Gasteiger partial charge in [0.1, 0.15) is 0 Å². The molecule has 3 rings (SSSR count). The Kier molecular flexibility index (Phi) is 4.44. The molecule has 0 radical (unpaired) electrons. The van der Waals surface area contributed by atoms with Crippen LogP contribution in [0.4, 0.5) is 5.69 Å². The van der Waals surface area contributed by atoms with E-state index in [0.717, 1.165) is 25.9 Å². The molecule has 2 heterocycles. The van der Waals surface area contributed by atoms with Crippen LogP contribution in [-0.2, 0) is 0 Å². The Labute approximate surface area is 126 Å². The maximum atomic E-state index is 12.5. The molecule has 114 valence electrons. The van der Waals surface area contributed by atoms with Crippen LogP contribution in [0.3, 0.4) is 0 Å². The van der Waals surface area contributed by atoms with Gasteiger partial charge >= 0.3 is 0 Å². The van der Waals surface area contributed by atoms with Crippen molar-refractivity contribution in [1.82, 2.24) is 9.80 Å². The summed E-state index contributed by atoms with van der Waals surface area (Å²) in [5, 5.41) is 0. The molecule has 0 atom stereocenters. The van der Waals surface area contributed by atoms with Crippen LogP contribution < -0.4 is 5.73 Å². The zero-order valence-corrected chi connectivity index (χ0v) is 12.6. The van der Waals surface area contributed by atoms with Gasteiger partial charge in [0.2, 0.25) is 0 Å². The van der Waals surface area contributed by atoms with Crippen molar-refractivity contribution in [3.8, 4) is 0 Å². The average molecular weight is 287 g/mol. The van der Waals surface area contributed by atoms with E-state index in [0.29, 0.717) is 17.3 Å². The number of nitrogens with zero attached hydrogens (tertiary/aromatic N) is 2. The highest BCUT2D eigenvalue weighted by Crippen LogP contribution is 2.23. The number of anilines is 1. The maximum absolute atomic E-state index is 12.5. The third-order valence-electron chi connectivity index (χ3n) is 4.85. The molecule has 1 amide bonds. The summed E-state index contributed by atoms with van der Waals surface area (Å²) in [4.78, 5) is 17.1. The SMILES string of the molecule is Nc1ccccc1C(=O)N1CCC(N2CCCCC2)CC1. The molecule has 0 aromatic heterocycles. The molecule has 2 aliphatic rings. The van der Waals surface area contributed by atoms with Gasteiger partial charge in [-0.05, 0) is 50.9 Å². The van der Waals surface area contributed by atoms with Gasteiger partial charge in [-0.25, -0.2) is 0 Å². The quantitative estimate of drug-likeness (QED) is 0.850. The third-order valence-corrected chi connectivity index (χ3v) is 4.85. The van der Waals surface area contributed by atoms with E-state index in [9.17, 15) is 4.79 Å². The minimum atomic E-state index is 0.0881. The molecule has 0 saturated carbocycles. The molecule has 21 heavy (non-hydrogen) atoms. The van der Waals surface area contributed by atoms with Crippen LogP contribution in [0.25, 0.3) is 0 Å². The summed E-state index contributed by atoms with van der Waals surface area (Å²) >= 11 is 0. The van der Waals surface area contributed by atoms with E-state index in [2.05, 4.69) is 4.90 Å². The molecule has 2 fully saturated rings. The van der Waals surface area contributed by atoms with Gasteiger partial charge < -0.3 is 15.5 Å². The van der Waals surface area contributed by atoms with E-state index >= 15 is 0 Å². The van der Waals surface area contributed by atoms with Crippen LogP contribution in [-0.4, -0.2) is 47.9 Å². The molecule has 0 spiro atoms. The number of likely N-dealkylation sites (tertiary alicyclic amines) is 2. The van der Waals surface area contributed by atoms with Crippen LogP contribution in [0.1, 0.15) is 42.5 Å². The number of amides is 1. The molecular formula is C17H25N3O. The first-order valence-corrected chi connectivity index (χ1v) is 8.13. The minimum absolute atomic E-state index is 0.0881. The topological polar surface area (TPSA) is 49.6 Å². The highest BCUT2D eigenvalue weighted by Gasteiger charge is 2.28. The van der Waals surface area contributed by atoms with Gasteiger partial charge in [-0.2, -0.15) is 0 Å². The second kappa shape index (κ2) is 6.48. The largest absolute Gasteiger partial charge is 0.398 e. The van der Waals surface area contributed by atoms with Crippen molar-refractivity contribution in [3.63, 3.8) is 0 Å². The lowest BCUT2D eigenvalue weighted by Gasteiger charge is -2.40. The first kappa shape index (κ1) is 14.4. The lowest BCUT2D eigenvalue weighted by Crippen LogP contribution is -2.48. The number of rotatable bonds is 2. The lowest BCUT2D eigenvalue weighted by molar-refractivity contribution is 0.0591. The molecule has 0 unspecified atom stereocenters. The summed E-state index contributed by atoms with van der Waals surface area (Å²) in [7, 11) is 0. The summed E-state index contributed by atoms with van der Waals surface area (Å²) < 4.78 is 0. The Morgan fingerprint density at radius 1 is 1.00 bits per heavy atom. The predicted octanol–water partition coefficient (Wildman–Crippen LogP) is 2.36. The molecule has 2 aliphatic heterocycles. The van der Waals surface area contributed by atoms with Crippen LogP contribution in [0.5, 0.6) is 0 Å². The number of carbonyl (C=O) groups excluding carboxylic acids is 1. The Hall–Kier alpha value is -1.55. The molecule has 0 aliphatic carbocycles. The van der Waals surface area contributed by atoms with E-state index in [1.165, 1.54) is 32.4 Å². The number of piperidine rings is 2. The van der Waals surface area contributed by atoms with Crippen molar-refractivity contribution in [2.24, 2.45) is 0 Å². The number of benzene rings is 1. The van der Waals surface area contributed by atoms with Crippen LogP contribution in [0, 0.1) is 0 Å². The number of nitrogens with two attached hydrogens (primary N) is 1. The van der Waals surface area contributed by atoms with E-state index in [1.54, 1.807) is 6.07 Å². The second-order valence-corrected chi connectivity index (χ2v) is 6.21. The van der Waals surface area contributed by atoms with Gasteiger partial charge in [-0.3, -0.25) is 4.79 Å². The summed E-state index contributed by atoms with van der Waals surface area (Å²) in [6, 6.07) is 8.04. The standard InChI is InChI=1S/C17H25N3O/c18-16-7-3-2-6-15(16)17(21)20-12-8-14(9-13-20)19-10-4-1-5-11-19/h2-3,6-7,14H,1,4-5,8-13,18H2. The zero-order chi connectivity index (χ0) is 14.7. The molecule has 2 saturated heterocycles. The minimum Gasteiger partial charge on any atom is -0.398 e. The summed E-state index contributed by atoms with van der Waals surface area (Å²) in [6.45, 7) is 4.19. The average Bonchev–Trinajstić information content (AvgIpc) is 2.56. The monoisotopic (exact) mass is 287 g/mol. The fourth-order valence-corrected chi connectivity index (χ4v) is 3.58. The predicted molar refractivity (Wildman–Crippen MR) is 85.2 cm³/mol. The highest BCUT2D eigenvalue weighted by atomic mass is 16.2. The Balaban J connectivity index is 1.58. The number of hydrogen-bond donors (Lipinski definition) is 1. The number of hydrogen-bond acceptors (Lipinski definition) is 3. The second-order valence-electron chi connectivity index (χ2n) is 6.21. The van der Waals surface area contributed by atoms with Crippen molar-refractivity contribution >= 4 is 11.6 Å². The van der Waals surface area contributed by atoms with Crippen molar-refractivity contribution < 1.29 is 4.79 Å². The van der Waals surface area contributed by atoms with Crippen molar-refractivity contribution in [2.75, 3.05) is 31.9 Å². The van der Waals surface area contributed by atoms with E-state index < -0.39 is 0 Å². The molecule has 2 N–H and O–H groups in total. The lowest BCUT2D eigenvalue weighted by atomic mass is 9.99. The van der Waals surface area contributed by atoms with Gasteiger partial charge in [-0.15, -0.1) is 0 Å². The van der Waals surface area contributed by atoms with Gasteiger partial charge in [-0.1, -0.05) is 18.6 Å². The van der Waals surface area contributed by atoms with E-state index in [-0.39, 0.29) is 5.91 Å². The third kappa shape index (κ3) is 3.21. The normalized spacial score (nSPS) is 21.4.